The number of aliphatic hydroxyl groups is 1. The maximum atomic E-state index is 15.1. The van der Waals surface area contributed by atoms with E-state index < -0.39 is 47.2 Å². The van der Waals surface area contributed by atoms with Crippen molar-refractivity contribution in [2.24, 2.45) is 11.1 Å². The number of ether oxygens (including phenoxy) is 4. The highest BCUT2D eigenvalue weighted by molar-refractivity contribution is 8.00. The van der Waals surface area contributed by atoms with Crippen LogP contribution in [0.15, 0.2) is 72.9 Å². The lowest BCUT2D eigenvalue weighted by atomic mass is 9.83. The fraction of sp³-hybridized carbons (Fsp3) is 0.521. The first-order chi connectivity index (χ1) is 32.6. The third-order valence-electron chi connectivity index (χ3n) is 10.6. The zero-order chi connectivity index (χ0) is 49.5. The van der Waals surface area contributed by atoms with Gasteiger partial charge in [0.05, 0.1) is 64.6 Å². The molecule has 2 aromatic carbocycles. The van der Waals surface area contributed by atoms with E-state index in [-0.39, 0.29) is 93.7 Å². The number of hydrogen-bond acceptors (Lipinski definition) is 12. The summed E-state index contributed by atoms with van der Waals surface area (Å²) in [5.41, 5.74) is 7.59. The van der Waals surface area contributed by atoms with Crippen LogP contribution in [0.5, 0.6) is 0 Å². The molecule has 0 spiro atoms. The van der Waals surface area contributed by atoms with Crippen LogP contribution in [0.2, 0.25) is 0 Å². The van der Waals surface area contributed by atoms with Crippen molar-refractivity contribution in [3.05, 3.63) is 95.8 Å². The van der Waals surface area contributed by atoms with E-state index in [0.717, 1.165) is 35.5 Å². The second kappa shape index (κ2) is 29.0. The van der Waals surface area contributed by atoms with E-state index in [1.54, 1.807) is 17.2 Å². The summed E-state index contributed by atoms with van der Waals surface area (Å²) in [6.45, 7) is 9.36. The van der Waals surface area contributed by atoms with Gasteiger partial charge in [-0.05, 0) is 54.3 Å². The molecule has 1 aromatic heterocycles. The zero-order valence-corrected chi connectivity index (χ0v) is 39.9. The summed E-state index contributed by atoms with van der Waals surface area (Å²) in [4.78, 5) is 65.5. The Labute approximate surface area is 400 Å². The number of hydrogen-bond donors (Lipinski definition) is 5. The number of benzene rings is 2. The molecule has 374 valence electrons. The summed E-state index contributed by atoms with van der Waals surface area (Å²) in [5, 5.41) is 24.8. The van der Waals surface area contributed by atoms with E-state index in [0.29, 0.717) is 57.2 Å². The number of nitrogens with one attached hydrogen (secondary N) is 2. The number of carbonyl (C=O) groups is 5. The molecule has 4 amide bonds. The van der Waals surface area contributed by atoms with Crippen molar-refractivity contribution >= 4 is 41.4 Å². The predicted molar refractivity (Wildman–Crippen MR) is 252 cm³/mol. The standard InChI is InChI=1S/C48H66F2N6O11S/c1-48(2,3)46(40-28-35(37-29-36(49)10-11-38(37)50)31-54(40)30-34-8-5-4-6-9-34)56(18-7-16-51)45(61)33-68-32-39(47(62)63)53-42(58)15-20-64-22-24-66-26-27-67-25-23-65-21-17-52-41(57)14-19-55-43(59)12-13-44(55)60/h4-6,8-13,28-29,31,39,43,46,59H,7,14-27,30,32-33,51H2,1-3H3,(H,52,57)(H,53,58)(H,62,63)/t39-,43?,46+/m1/s1. The Kier molecular flexibility index (Phi) is 23.6. The Hall–Kier alpha value is -5.22. The van der Waals surface area contributed by atoms with Gasteiger partial charge in [-0.1, -0.05) is 51.1 Å². The van der Waals surface area contributed by atoms with Gasteiger partial charge in [0.1, 0.15) is 23.9 Å². The summed E-state index contributed by atoms with van der Waals surface area (Å²) in [6.07, 6.45) is 3.85. The normalized spacial score (nSPS) is 14.5. The summed E-state index contributed by atoms with van der Waals surface area (Å²) in [7, 11) is 0. The lowest BCUT2D eigenvalue weighted by Crippen LogP contribution is -2.45. The highest BCUT2D eigenvalue weighted by Crippen LogP contribution is 2.41. The van der Waals surface area contributed by atoms with Gasteiger partial charge in [-0.2, -0.15) is 0 Å². The number of thioether (sulfide) groups is 1. The number of amides is 4. The van der Waals surface area contributed by atoms with E-state index in [9.17, 15) is 38.6 Å². The molecule has 0 saturated carbocycles. The number of carboxylic acid groups (broad SMARTS) is 1. The van der Waals surface area contributed by atoms with Crippen LogP contribution in [-0.4, -0.2) is 157 Å². The van der Waals surface area contributed by atoms with Crippen molar-refractivity contribution < 1.29 is 61.9 Å². The molecule has 4 rings (SSSR count). The molecule has 1 unspecified atom stereocenters. The largest absolute Gasteiger partial charge is 0.480 e. The first-order valence-corrected chi connectivity index (χ1v) is 23.8. The average Bonchev–Trinajstić information content (AvgIpc) is 3.85. The summed E-state index contributed by atoms with van der Waals surface area (Å²) in [5.74, 6) is -3.99. The SMILES string of the molecule is CC(C)(C)[C@H](c1cc(-c2cc(F)ccc2F)cn1Cc1ccccc1)N(CCCN)C(=O)CSC[C@@H](NC(=O)CCOCCOCCOCCOCCNC(=O)CCN1C(=O)C=CC1O)C(=O)O. The first kappa shape index (κ1) is 55.4. The van der Waals surface area contributed by atoms with Crippen molar-refractivity contribution in [3.63, 3.8) is 0 Å². The van der Waals surface area contributed by atoms with Crippen LogP contribution in [0.3, 0.4) is 0 Å². The average molecular weight is 973 g/mol. The second-order valence-electron chi connectivity index (χ2n) is 17.0. The molecule has 1 aliphatic rings. The van der Waals surface area contributed by atoms with E-state index in [2.05, 4.69) is 10.6 Å². The van der Waals surface area contributed by atoms with Gasteiger partial charge in [-0.25, -0.2) is 13.6 Å². The minimum atomic E-state index is -1.27. The fourth-order valence-electron chi connectivity index (χ4n) is 7.30. The smallest absolute Gasteiger partial charge is 0.327 e. The van der Waals surface area contributed by atoms with E-state index >= 15 is 4.39 Å². The molecule has 17 nitrogen and oxygen atoms in total. The Morgan fingerprint density at radius 1 is 0.897 bits per heavy atom. The Balaban J connectivity index is 1.16. The number of carbonyl (C=O) groups excluding carboxylic acids is 4. The highest BCUT2D eigenvalue weighted by atomic mass is 32.2. The molecule has 1 aliphatic heterocycles. The molecule has 0 aliphatic carbocycles. The molecule has 20 heteroatoms. The number of nitrogens with zero attached hydrogens (tertiary/aromatic N) is 3. The summed E-state index contributed by atoms with van der Waals surface area (Å²) >= 11 is 1.08. The van der Waals surface area contributed by atoms with Gasteiger partial charge in [0.25, 0.3) is 0 Å². The third-order valence-corrected chi connectivity index (χ3v) is 11.6. The van der Waals surface area contributed by atoms with Crippen LogP contribution in [-0.2, 0) is 49.5 Å². The molecule has 3 atom stereocenters. The number of halogens is 2. The van der Waals surface area contributed by atoms with Crippen molar-refractivity contribution in [1.82, 2.24) is 25.0 Å². The molecular formula is C48H66F2N6O11S. The first-order valence-electron chi connectivity index (χ1n) is 22.6. The van der Waals surface area contributed by atoms with Crippen molar-refractivity contribution in [2.45, 2.75) is 64.9 Å². The zero-order valence-electron chi connectivity index (χ0n) is 39.0. The van der Waals surface area contributed by atoms with Gasteiger partial charge in [-0.3, -0.25) is 19.2 Å². The second-order valence-corrected chi connectivity index (χ2v) is 18.0. The summed E-state index contributed by atoms with van der Waals surface area (Å²) < 4.78 is 53.3. The lowest BCUT2D eigenvalue weighted by Gasteiger charge is -2.41. The minimum Gasteiger partial charge on any atom is -0.480 e. The van der Waals surface area contributed by atoms with Crippen LogP contribution < -0.4 is 16.4 Å². The van der Waals surface area contributed by atoms with Gasteiger partial charge < -0.3 is 59.9 Å². The molecule has 0 fully saturated rings. The molecule has 2 heterocycles. The van der Waals surface area contributed by atoms with Gasteiger partial charge >= 0.3 is 5.97 Å². The number of nitrogens with two attached hydrogens (primary N) is 1. The van der Waals surface area contributed by atoms with E-state index in [4.69, 9.17) is 24.7 Å². The maximum Gasteiger partial charge on any atom is 0.327 e. The van der Waals surface area contributed by atoms with Gasteiger partial charge in [0.15, 0.2) is 0 Å². The minimum absolute atomic E-state index is 0.0318. The number of carboxylic acids is 1. The number of aromatic nitrogens is 1. The Bertz CT molecular complexity index is 2100. The van der Waals surface area contributed by atoms with Gasteiger partial charge in [0.2, 0.25) is 23.6 Å². The molecule has 6 N–H and O–H groups in total. The molecular weight excluding hydrogens is 907 g/mol. The molecule has 3 aromatic rings. The fourth-order valence-corrected chi connectivity index (χ4v) is 8.22. The van der Waals surface area contributed by atoms with Gasteiger partial charge in [0, 0.05) is 73.9 Å². The van der Waals surface area contributed by atoms with E-state index in [1.165, 1.54) is 17.1 Å². The molecule has 0 saturated heterocycles. The quantitative estimate of drug-likeness (QED) is 0.0564. The number of aliphatic carboxylic acids is 1. The van der Waals surface area contributed by atoms with Crippen LogP contribution >= 0.6 is 11.8 Å². The lowest BCUT2D eigenvalue weighted by molar-refractivity contribution is -0.141. The van der Waals surface area contributed by atoms with Crippen LogP contribution in [0, 0.1) is 17.0 Å². The van der Waals surface area contributed by atoms with Crippen LogP contribution in [0.25, 0.3) is 11.1 Å². The van der Waals surface area contributed by atoms with E-state index in [1.807, 2.05) is 55.7 Å². The van der Waals surface area contributed by atoms with Crippen LogP contribution in [0.4, 0.5) is 8.78 Å². The topological polar surface area (TPSA) is 224 Å². The Morgan fingerprint density at radius 3 is 2.18 bits per heavy atom. The monoisotopic (exact) mass is 972 g/mol. The van der Waals surface area contributed by atoms with Gasteiger partial charge in [-0.15, -0.1) is 11.8 Å². The van der Waals surface area contributed by atoms with Crippen LogP contribution in [0.1, 0.15) is 57.3 Å². The Morgan fingerprint density at radius 2 is 1.56 bits per heavy atom. The van der Waals surface area contributed by atoms with Crippen molar-refractivity contribution in [1.29, 1.82) is 0 Å². The van der Waals surface area contributed by atoms with Crippen molar-refractivity contribution in [3.8, 4) is 11.1 Å². The number of rotatable bonds is 32. The maximum absolute atomic E-state index is 15.1. The molecule has 0 radical (unpaired) electrons. The molecule has 0 bridgehead atoms. The highest BCUT2D eigenvalue weighted by Gasteiger charge is 2.37. The molecule has 68 heavy (non-hydrogen) atoms. The number of aliphatic hydroxyl groups excluding tert-OH is 1. The predicted octanol–water partition coefficient (Wildman–Crippen LogP) is 3.73. The van der Waals surface area contributed by atoms with Crippen molar-refractivity contribution in [2.75, 3.05) is 90.5 Å². The third kappa shape index (κ3) is 18.7. The summed E-state index contributed by atoms with van der Waals surface area (Å²) in [6, 6.07) is 12.9.